The molecule has 0 heterocycles. The third-order valence-electron chi connectivity index (χ3n) is 3.29. The summed E-state index contributed by atoms with van der Waals surface area (Å²) in [5.74, 6) is -0.257. The molecule has 0 radical (unpaired) electrons. The van der Waals surface area contributed by atoms with Crippen LogP contribution in [0.1, 0.15) is 31.2 Å². The summed E-state index contributed by atoms with van der Waals surface area (Å²) in [7, 11) is 0. The largest absolute Gasteiger partial charge is 0.392 e. The standard InChI is InChI=1S/C13H17ClFNO/c14-10-5-6-11(15)9(7-10)8-16-12-3-1-2-4-13(12)17/h5-7,12-13,16-17H,1-4,8H2. The van der Waals surface area contributed by atoms with Gasteiger partial charge in [-0.3, -0.25) is 0 Å². The van der Waals surface area contributed by atoms with E-state index in [9.17, 15) is 9.50 Å². The molecular weight excluding hydrogens is 241 g/mol. The number of halogens is 2. The van der Waals surface area contributed by atoms with E-state index in [2.05, 4.69) is 5.32 Å². The van der Waals surface area contributed by atoms with Crippen LogP contribution in [0.5, 0.6) is 0 Å². The van der Waals surface area contributed by atoms with E-state index in [0.717, 1.165) is 25.7 Å². The van der Waals surface area contributed by atoms with Crippen molar-refractivity contribution in [1.82, 2.24) is 5.32 Å². The number of nitrogens with one attached hydrogen (secondary N) is 1. The summed E-state index contributed by atoms with van der Waals surface area (Å²) in [5.41, 5.74) is 0.551. The van der Waals surface area contributed by atoms with Crippen LogP contribution in [0.15, 0.2) is 18.2 Å². The van der Waals surface area contributed by atoms with Crippen LogP contribution >= 0.6 is 11.6 Å². The molecule has 94 valence electrons. The summed E-state index contributed by atoms with van der Waals surface area (Å²) in [4.78, 5) is 0. The van der Waals surface area contributed by atoms with Gasteiger partial charge in [0.15, 0.2) is 0 Å². The Morgan fingerprint density at radius 2 is 2.12 bits per heavy atom. The van der Waals surface area contributed by atoms with Crippen molar-refractivity contribution >= 4 is 11.6 Å². The Bertz CT molecular complexity index is 386. The lowest BCUT2D eigenvalue weighted by Gasteiger charge is -2.28. The first-order valence-electron chi connectivity index (χ1n) is 6.02. The van der Waals surface area contributed by atoms with Crippen LogP contribution in [0, 0.1) is 5.82 Å². The van der Waals surface area contributed by atoms with Gasteiger partial charge >= 0.3 is 0 Å². The van der Waals surface area contributed by atoms with E-state index >= 15 is 0 Å². The zero-order valence-corrected chi connectivity index (χ0v) is 10.4. The van der Waals surface area contributed by atoms with Gasteiger partial charge in [-0.25, -0.2) is 4.39 Å². The fourth-order valence-corrected chi connectivity index (χ4v) is 2.46. The monoisotopic (exact) mass is 257 g/mol. The number of benzene rings is 1. The summed E-state index contributed by atoms with van der Waals surface area (Å²) >= 11 is 5.82. The lowest BCUT2D eigenvalue weighted by Crippen LogP contribution is -2.41. The van der Waals surface area contributed by atoms with Crippen LogP contribution in [0.25, 0.3) is 0 Å². The molecule has 0 saturated heterocycles. The Morgan fingerprint density at radius 1 is 1.35 bits per heavy atom. The molecule has 1 saturated carbocycles. The minimum atomic E-state index is -0.314. The molecule has 0 aliphatic heterocycles. The maximum atomic E-state index is 13.5. The van der Waals surface area contributed by atoms with Crippen LogP contribution in [0.2, 0.25) is 5.02 Å². The van der Waals surface area contributed by atoms with Gasteiger partial charge < -0.3 is 10.4 Å². The smallest absolute Gasteiger partial charge is 0.127 e. The molecule has 2 atom stereocenters. The van der Waals surface area contributed by atoms with Crippen molar-refractivity contribution < 1.29 is 9.50 Å². The molecule has 2 nitrogen and oxygen atoms in total. The van der Waals surface area contributed by atoms with E-state index in [1.165, 1.54) is 12.1 Å². The molecule has 17 heavy (non-hydrogen) atoms. The first-order chi connectivity index (χ1) is 8.16. The second-order valence-corrected chi connectivity index (χ2v) is 5.01. The average molecular weight is 258 g/mol. The quantitative estimate of drug-likeness (QED) is 0.873. The zero-order valence-electron chi connectivity index (χ0n) is 9.63. The van der Waals surface area contributed by atoms with Gasteiger partial charge in [-0.2, -0.15) is 0 Å². The maximum Gasteiger partial charge on any atom is 0.127 e. The van der Waals surface area contributed by atoms with Crippen molar-refractivity contribution in [3.05, 3.63) is 34.6 Å². The summed E-state index contributed by atoms with van der Waals surface area (Å²) in [6.07, 6.45) is 3.66. The van der Waals surface area contributed by atoms with Crippen molar-refractivity contribution in [2.75, 3.05) is 0 Å². The Hall–Kier alpha value is -0.640. The van der Waals surface area contributed by atoms with Gasteiger partial charge in [0, 0.05) is 23.2 Å². The molecule has 1 aromatic rings. The molecule has 1 aliphatic rings. The molecule has 4 heteroatoms. The molecule has 2 rings (SSSR count). The Balaban J connectivity index is 1.94. The van der Waals surface area contributed by atoms with Gasteiger partial charge in [0.1, 0.15) is 5.82 Å². The molecule has 2 N–H and O–H groups in total. The van der Waals surface area contributed by atoms with Gasteiger partial charge in [0.2, 0.25) is 0 Å². The maximum absolute atomic E-state index is 13.5. The van der Waals surface area contributed by atoms with Crippen molar-refractivity contribution in [2.24, 2.45) is 0 Å². The second kappa shape index (κ2) is 5.80. The number of aliphatic hydroxyl groups excluding tert-OH is 1. The fraction of sp³-hybridized carbons (Fsp3) is 0.538. The van der Waals surface area contributed by atoms with E-state index in [1.54, 1.807) is 6.07 Å². The van der Waals surface area contributed by atoms with E-state index in [4.69, 9.17) is 11.6 Å². The van der Waals surface area contributed by atoms with Gasteiger partial charge in [0.25, 0.3) is 0 Å². The highest BCUT2D eigenvalue weighted by Crippen LogP contribution is 2.20. The molecule has 1 aromatic carbocycles. The number of hydrogen-bond donors (Lipinski definition) is 2. The van der Waals surface area contributed by atoms with Gasteiger partial charge in [0.05, 0.1) is 6.10 Å². The Labute approximate surface area is 106 Å². The van der Waals surface area contributed by atoms with Crippen molar-refractivity contribution in [3.63, 3.8) is 0 Å². The predicted octanol–water partition coefficient (Wildman–Crippen LogP) is 2.87. The minimum absolute atomic E-state index is 0.0714. The highest BCUT2D eigenvalue weighted by atomic mass is 35.5. The molecule has 0 spiro atoms. The molecule has 1 fully saturated rings. The molecule has 2 unspecified atom stereocenters. The summed E-state index contributed by atoms with van der Waals surface area (Å²) in [6, 6.07) is 4.60. The number of rotatable bonds is 3. The van der Waals surface area contributed by atoms with Gasteiger partial charge in [-0.15, -0.1) is 0 Å². The lowest BCUT2D eigenvalue weighted by molar-refractivity contribution is 0.0901. The minimum Gasteiger partial charge on any atom is -0.392 e. The molecule has 0 amide bonds. The van der Waals surface area contributed by atoms with Gasteiger partial charge in [-0.05, 0) is 31.0 Å². The van der Waals surface area contributed by atoms with Crippen molar-refractivity contribution in [1.29, 1.82) is 0 Å². The van der Waals surface area contributed by atoms with E-state index < -0.39 is 0 Å². The van der Waals surface area contributed by atoms with Gasteiger partial charge in [-0.1, -0.05) is 24.4 Å². The highest BCUT2D eigenvalue weighted by Gasteiger charge is 2.22. The van der Waals surface area contributed by atoms with Crippen LogP contribution in [0.3, 0.4) is 0 Å². The number of aliphatic hydroxyl groups is 1. The van der Waals surface area contributed by atoms with E-state index in [-0.39, 0.29) is 18.0 Å². The SMILES string of the molecule is OC1CCCCC1NCc1cc(Cl)ccc1F. The number of hydrogen-bond acceptors (Lipinski definition) is 2. The molecule has 0 aromatic heterocycles. The first kappa shape index (κ1) is 12.8. The van der Waals surface area contributed by atoms with Crippen molar-refractivity contribution in [2.45, 2.75) is 44.4 Å². The fourth-order valence-electron chi connectivity index (χ4n) is 2.27. The Kier molecular flexibility index (Phi) is 4.37. The van der Waals surface area contributed by atoms with Crippen LogP contribution < -0.4 is 5.32 Å². The van der Waals surface area contributed by atoms with E-state index in [1.807, 2.05) is 0 Å². The van der Waals surface area contributed by atoms with Crippen molar-refractivity contribution in [3.8, 4) is 0 Å². The van der Waals surface area contributed by atoms with E-state index in [0.29, 0.717) is 17.1 Å². The van der Waals surface area contributed by atoms with Crippen LogP contribution in [-0.4, -0.2) is 17.3 Å². The topological polar surface area (TPSA) is 32.3 Å². The molecular formula is C13H17ClFNO. The summed E-state index contributed by atoms with van der Waals surface area (Å²) in [5, 5.41) is 13.5. The van der Waals surface area contributed by atoms with Crippen LogP contribution in [-0.2, 0) is 6.54 Å². The third kappa shape index (κ3) is 3.41. The summed E-state index contributed by atoms with van der Waals surface area (Å²) in [6.45, 7) is 0.411. The molecule has 0 bridgehead atoms. The second-order valence-electron chi connectivity index (χ2n) is 4.57. The average Bonchev–Trinajstić information content (AvgIpc) is 2.32. The summed E-state index contributed by atoms with van der Waals surface area (Å²) < 4.78 is 13.5. The van der Waals surface area contributed by atoms with Crippen LogP contribution in [0.4, 0.5) is 4.39 Å². The zero-order chi connectivity index (χ0) is 12.3. The normalized spacial score (nSPS) is 24.9. The highest BCUT2D eigenvalue weighted by molar-refractivity contribution is 6.30. The first-order valence-corrected chi connectivity index (χ1v) is 6.40. The third-order valence-corrected chi connectivity index (χ3v) is 3.53. The molecule has 1 aliphatic carbocycles. The predicted molar refractivity (Wildman–Crippen MR) is 66.5 cm³/mol. The Morgan fingerprint density at radius 3 is 2.88 bits per heavy atom. The lowest BCUT2D eigenvalue weighted by atomic mass is 9.92.